The zero-order chi connectivity index (χ0) is 26.9. The number of aromatic nitrogens is 1. The summed E-state index contributed by atoms with van der Waals surface area (Å²) < 4.78 is 5.52. The Morgan fingerprint density at radius 3 is 2.50 bits per heavy atom. The van der Waals surface area contributed by atoms with Crippen molar-refractivity contribution in [2.75, 3.05) is 11.9 Å². The monoisotopic (exact) mass is 526 g/mol. The summed E-state index contributed by atoms with van der Waals surface area (Å²) >= 11 is 1.51. The number of carbonyl (C=O) groups excluding carboxylic acids is 2. The van der Waals surface area contributed by atoms with Gasteiger partial charge in [0.05, 0.1) is 28.9 Å². The summed E-state index contributed by atoms with van der Waals surface area (Å²) in [4.78, 5) is 32.9. The normalized spacial score (nSPS) is 13.3. The van der Waals surface area contributed by atoms with E-state index in [2.05, 4.69) is 50.4 Å². The number of nitrogens with one attached hydrogen (secondary N) is 1. The summed E-state index contributed by atoms with van der Waals surface area (Å²) in [6, 6.07) is 17.9. The van der Waals surface area contributed by atoms with Crippen molar-refractivity contribution in [2.45, 2.75) is 65.2 Å². The van der Waals surface area contributed by atoms with E-state index in [0.29, 0.717) is 22.7 Å². The van der Waals surface area contributed by atoms with Crippen molar-refractivity contribution in [1.82, 2.24) is 4.98 Å². The predicted molar refractivity (Wildman–Crippen MR) is 155 cm³/mol. The van der Waals surface area contributed by atoms with Crippen LogP contribution < -0.4 is 5.32 Å². The molecule has 0 fully saturated rings. The van der Waals surface area contributed by atoms with Gasteiger partial charge in [0.15, 0.2) is 0 Å². The molecule has 0 bridgehead atoms. The summed E-state index contributed by atoms with van der Waals surface area (Å²) in [5, 5.41) is 4.45. The lowest BCUT2D eigenvalue weighted by Crippen LogP contribution is -2.16. The first kappa shape index (κ1) is 26.1. The molecule has 5 nitrogen and oxygen atoms in total. The molecule has 6 heteroatoms. The highest BCUT2D eigenvalue weighted by Crippen LogP contribution is 2.39. The number of carbonyl (C=O) groups is 2. The third-order valence-corrected chi connectivity index (χ3v) is 8.25. The van der Waals surface area contributed by atoms with E-state index in [-0.39, 0.29) is 17.3 Å². The van der Waals surface area contributed by atoms with Crippen LogP contribution in [0, 0.1) is 0 Å². The number of anilines is 1. The van der Waals surface area contributed by atoms with Gasteiger partial charge in [0.2, 0.25) is 0 Å². The van der Waals surface area contributed by atoms with Crippen LogP contribution in [0.4, 0.5) is 5.00 Å². The number of pyridine rings is 1. The fourth-order valence-corrected chi connectivity index (χ4v) is 6.23. The Balaban J connectivity index is 1.54. The van der Waals surface area contributed by atoms with Crippen LogP contribution >= 0.6 is 11.3 Å². The fraction of sp³-hybridized carbons (Fsp3) is 0.344. The zero-order valence-electron chi connectivity index (χ0n) is 22.5. The van der Waals surface area contributed by atoms with E-state index in [1.165, 1.54) is 21.8 Å². The molecular formula is C32H34N2O3S. The first-order valence-electron chi connectivity index (χ1n) is 13.4. The summed E-state index contributed by atoms with van der Waals surface area (Å²) in [5.74, 6) is -0.597. The van der Waals surface area contributed by atoms with Gasteiger partial charge in [-0.2, -0.15) is 0 Å². The molecule has 196 valence electrons. The largest absolute Gasteiger partial charge is 0.462 e. The Hall–Kier alpha value is -3.51. The van der Waals surface area contributed by atoms with Crippen LogP contribution in [0.25, 0.3) is 22.2 Å². The van der Waals surface area contributed by atoms with Gasteiger partial charge < -0.3 is 10.1 Å². The van der Waals surface area contributed by atoms with Gasteiger partial charge in [0, 0.05) is 15.8 Å². The van der Waals surface area contributed by atoms with Gasteiger partial charge in [-0.1, -0.05) is 70.2 Å². The number of para-hydroxylation sites is 1. The fourth-order valence-electron chi connectivity index (χ4n) is 4.96. The molecule has 0 saturated heterocycles. The Morgan fingerprint density at radius 1 is 1.03 bits per heavy atom. The van der Waals surface area contributed by atoms with Crippen LogP contribution in [0.1, 0.15) is 83.7 Å². The molecule has 1 N–H and O–H groups in total. The molecule has 4 aromatic rings. The van der Waals surface area contributed by atoms with E-state index in [4.69, 9.17) is 9.72 Å². The second-order valence-corrected chi connectivity index (χ2v) is 12.0. The minimum absolute atomic E-state index is 0.0518. The standard InChI is InChI=1S/C32H34N2O3S/c1-5-18-37-31(36)28-23-11-7-9-13-27(23)38-30(28)34-29(35)24-19-26(33-25-12-8-6-10-22(24)25)20-14-16-21(17-15-20)32(2,3)4/h6,8,10,12,14-17,19H,5,7,9,11,13,18H2,1-4H3,(H,34,35). The van der Waals surface area contributed by atoms with Crippen molar-refractivity contribution in [3.8, 4) is 11.3 Å². The Morgan fingerprint density at radius 2 is 1.76 bits per heavy atom. The molecule has 2 heterocycles. The highest BCUT2D eigenvalue weighted by molar-refractivity contribution is 7.17. The van der Waals surface area contributed by atoms with Crippen LogP contribution in [0.3, 0.4) is 0 Å². The molecule has 0 spiro atoms. The predicted octanol–water partition coefficient (Wildman–Crippen LogP) is 7.96. The number of aryl methyl sites for hydroxylation is 1. The molecule has 0 aliphatic heterocycles. The van der Waals surface area contributed by atoms with E-state index in [9.17, 15) is 9.59 Å². The average Bonchev–Trinajstić information content (AvgIpc) is 3.28. The third-order valence-electron chi connectivity index (χ3n) is 7.05. The van der Waals surface area contributed by atoms with Gasteiger partial charge in [-0.05, 0) is 60.8 Å². The van der Waals surface area contributed by atoms with Gasteiger partial charge in [0.1, 0.15) is 5.00 Å². The molecule has 0 saturated carbocycles. The summed E-state index contributed by atoms with van der Waals surface area (Å²) in [6.45, 7) is 8.90. The van der Waals surface area contributed by atoms with Crippen molar-refractivity contribution >= 4 is 39.1 Å². The van der Waals surface area contributed by atoms with E-state index >= 15 is 0 Å². The van der Waals surface area contributed by atoms with Crippen molar-refractivity contribution in [1.29, 1.82) is 0 Å². The molecule has 0 unspecified atom stereocenters. The number of nitrogens with zero attached hydrogens (tertiary/aromatic N) is 1. The molecule has 1 aliphatic carbocycles. The maximum Gasteiger partial charge on any atom is 0.341 e. The number of esters is 1. The molecule has 38 heavy (non-hydrogen) atoms. The maximum absolute atomic E-state index is 13.8. The first-order chi connectivity index (χ1) is 18.3. The van der Waals surface area contributed by atoms with E-state index < -0.39 is 0 Å². The number of hydrogen-bond donors (Lipinski definition) is 1. The van der Waals surface area contributed by atoms with E-state index in [1.807, 2.05) is 37.3 Å². The van der Waals surface area contributed by atoms with Crippen molar-refractivity contribution in [3.05, 3.63) is 81.7 Å². The lowest BCUT2D eigenvalue weighted by molar-refractivity contribution is 0.0505. The number of thiophene rings is 1. The average molecular weight is 527 g/mol. The second-order valence-electron chi connectivity index (χ2n) is 10.9. The lowest BCUT2D eigenvalue weighted by Gasteiger charge is -2.19. The lowest BCUT2D eigenvalue weighted by atomic mass is 9.86. The zero-order valence-corrected chi connectivity index (χ0v) is 23.3. The van der Waals surface area contributed by atoms with E-state index in [0.717, 1.165) is 59.8 Å². The van der Waals surface area contributed by atoms with E-state index in [1.54, 1.807) is 0 Å². The summed E-state index contributed by atoms with van der Waals surface area (Å²) in [6.07, 6.45) is 4.65. The van der Waals surface area contributed by atoms with Gasteiger partial charge in [0.25, 0.3) is 5.91 Å². The smallest absolute Gasteiger partial charge is 0.341 e. The second kappa shape index (κ2) is 10.7. The number of hydrogen-bond acceptors (Lipinski definition) is 5. The third kappa shape index (κ3) is 5.23. The highest BCUT2D eigenvalue weighted by Gasteiger charge is 2.28. The molecular weight excluding hydrogens is 492 g/mol. The van der Waals surface area contributed by atoms with Crippen LogP contribution in [0.5, 0.6) is 0 Å². The van der Waals surface area contributed by atoms with Crippen molar-refractivity contribution < 1.29 is 14.3 Å². The Bertz CT molecular complexity index is 1500. The molecule has 1 aliphatic rings. The van der Waals surface area contributed by atoms with Crippen LogP contribution in [-0.2, 0) is 23.0 Å². The summed E-state index contributed by atoms with van der Waals surface area (Å²) in [7, 11) is 0. The quantitative estimate of drug-likeness (QED) is 0.259. The minimum atomic E-state index is -0.347. The number of ether oxygens (including phenoxy) is 1. The maximum atomic E-state index is 13.8. The van der Waals surface area contributed by atoms with Crippen molar-refractivity contribution in [3.63, 3.8) is 0 Å². The number of rotatable bonds is 6. The first-order valence-corrected chi connectivity index (χ1v) is 14.2. The Labute approximate surface area is 228 Å². The highest BCUT2D eigenvalue weighted by atomic mass is 32.1. The van der Waals surface area contributed by atoms with Gasteiger partial charge in [-0.15, -0.1) is 11.3 Å². The molecule has 0 radical (unpaired) electrons. The number of benzene rings is 2. The van der Waals surface area contributed by atoms with Crippen LogP contribution in [-0.4, -0.2) is 23.5 Å². The number of amides is 1. The number of fused-ring (bicyclic) bond motifs is 2. The Kier molecular flexibility index (Phi) is 7.35. The molecule has 1 amide bonds. The van der Waals surface area contributed by atoms with Gasteiger partial charge >= 0.3 is 5.97 Å². The molecule has 0 atom stereocenters. The van der Waals surface area contributed by atoms with Crippen molar-refractivity contribution in [2.24, 2.45) is 0 Å². The van der Waals surface area contributed by atoms with Crippen LogP contribution in [0.15, 0.2) is 54.6 Å². The topological polar surface area (TPSA) is 68.3 Å². The molecule has 2 aromatic carbocycles. The van der Waals surface area contributed by atoms with Gasteiger partial charge in [-0.3, -0.25) is 4.79 Å². The molecule has 2 aromatic heterocycles. The van der Waals surface area contributed by atoms with Gasteiger partial charge in [-0.25, -0.2) is 9.78 Å². The molecule has 5 rings (SSSR count). The summed E-state index contributed by atoms with van der Waals surface area (Å²) in [5.41, 5.74) is 5.84. The minimum Gasteiger partial charge on any atom is -0.462 e. The van der Waals surface area contributed by atoms with Crippen LogP contribution in [0.2, 0.25) is 0 Å². The SMILES string of the molecule is CCCOC(=O)c1c(NC(=O)c2cc(-c3ccc(C(C)(C)C)cc3)nc3ccccc23)sc2c1CCCC2.